The van der Waals surface area contributed by atoms with Gasteiger partial charge in [-0.25, -0.2) is 4.79 Å². The van der Waals surface area contributed by atoms with Gasteiger partial charge in [-0.15, -0.1) is 0 Å². The lowest BCUT2D eigenvalue weighted by molar-refractivity contribution is -0.123. The molecule has 0 aliphatic rings. The number of likely N-dealkylation sites (N-methyl/N-ethyl adjacent to an activating group) is 1. The average Bonchev–Trinajstić information content (AvgIpc) is 3.47. The largest absolute Gasteiger partial charge is 0.492 e. The highest BCUT2D eigenvalue weighted by molar-refractivity contribution is 6.00. The van der Waals surface area contributed by atoms with Crippen molar-refractivity contribution in [3.63, 3.8) is 0 Å². The molecular formula is C35H40N4O4. The number of aromatic amines is 1. The van der Waals surface area contributed by atoms with Gasteiger partial charge >= 0.3 is 6.09 Å². The van der Waals surface area contributed by atoms with Crippen LogP contribution in [0, 0.1) is 0 Å². The van der Waals surface area contributed by atoms with E-state index in [2.05, 4.69) is 73.4 Å². The van der Waals surface area contributed by atoms with Gasteiger partial charge in [0.1, 0.15) is 12.4 Å². The number of benzene rings is 3. The minimum Gasteiger partial charge on any atom is -0.492 e. The Labute approximate surface area is 253 Å². The van der Waals surface area contributed by atoms with E-state index in [0.29, 0.717) is 11.7 Å². The molecule has 0 unspecified atom stereocenters. The molecule has 8 nitrogen and oxygen atoms in total. The summed E-state index contributed by atoms with van der Waals surface area (Å²) in [5.74, 6) is 0.917. The molecule has 1 aromatic heterocycles. The van der Waals surface area contributed by atoms with Crippen molar-refractivity contribution < 1.29 is 19.4 Å². The molecule has 4 rings (SSSR count). The third kappa shape index (κ3) is 7.92. The molecular weight excluding hydrogens is 540 g/mol. The number of allylic oxidation sites excluding steroid dienone is 1. The van der Waals surface area contributed by atoms with Gasteiger partial charge in [0.25, 0.3) is 0 Å². The van der Waals surface area contributed by atoms with Gasteiger partial charge in [-0.1, -0.05) is 69.3 Å². The summed E-state index contributed by atoms with van der Waals surface area (Å²) in [6.07, 6.45) is 4.53. The van der Waals surface area contributed by atoms with Gasteiger partial charge in [0.05, 0.1) is 18.3 Å². The lowest BCUT2D eigenvalue weighted by atomic mass is 9.87. The molecule has 2 N–H and O–H groups in total. The molecule has 0 bridgehead atoms. The third-order valence-corrected chi connectivity index (χ3v) is 7.38. The maximum atomic E-state index is 11.7. The number of amides is 2. The minimum absolute atomic E-state index is 0.102. The Morgan fingerprint density at radius 1 is 0.977 bits per heavy atom. The Hall–Kier alpha value is -4.85. The number of rotatable bonds is 12. The van der Waals surface area contributed by atoms with Crippen LogP contribution in [0.2, 0.25) is 0 Å². The fraction of sp³-hybridized carbons (Fsp3) is 0.286. The Kier molecular flexibility index (Phi) is 10.4. The van der Waals surface area contributed by atoms with Crippen molar-refractivity contribution in [3.8, 4) is 5.75 Å². The summed E-state index contributed by atoms with van der Waals surface area (Å²) in [5.41, 5.74) is 8.02. The van der Waals surface area contributed by atoms with Crippen molar-refractivity contribution in [2.75, 3.05) is 33.8 Å². The van der Waals surface area contributed by atoms with Crippen molar-refractivity contribution in [1.29, 1.82) is 0 Å². The highest BCUT2D eigenvalue weighted by Gasteiger charge is 2.15. The second-order valence-electron chi connectivity index (χ2n) is 10.9. The standard InChI is InChI=1S/C35H40N4O4/c1-6-31(26-11-9-25(10-12-26)24(2)3)34(28-15-18-32-29(22-28)23-36-37-32)27-13-16-30(17-14-27)43-21-20-39(35(41)42)19-7-8-33(40)38(4)5/h7-18,22-24H,6,19-21H2,1-5H3,(H,36,37)(H,41,42)/b8-7+,34-31+. The molecule has 8 heteroatoms. The number of H-pyrrole nitrogens is 1. The normalized spacial score (nSPS) is 12.0. The van der Waals surface area contributed by atoms with Gasteiger partial charge in [-0.3, -0.25) is 9.89 Å². The number of nitrogens with zero attached hydrogens (tertiary/aromatic N) is 3. The van der Waals surface area contributed by atoms with Crippen LogP contribution in [0.1, 0.15) is 55.4 Å². The molecule has 0 radical (unpaired) electrons. The number of carbonyl (C=O) groups is 2. The van der Waals surface area contributed by atoms with Crippen LogP contribution >= 0.6 is 0 Å². The van der Waals surface area contributed by atoms with Gasteiger partial charge in [-0.05, 0) is 70.0 Å². The van der Waals surface area contributed by atoms with Crippen LogP contribution in [-0.2, 0) is 4.79 Å². The first-order valence-corrected chi connectivity index (χ1v) is 14.5. The van der Waals surface area contributed by atoms with Gasteiger partial charge in [-0.2, -0.15) is 5.10 Å². The summed E-state index contributed by atoms with van der Waals surface area (Å²) in [4.78, 5) is 26.0. The zero-order valence-electron chi connectivity index (χ0n) is 25.5. The molecule has 2 amide bonds. The summed E-state index contributed by atoms with van der Waals surface area (Å²) >= 11 is 0. The van der Waals surface area contributed by atoms with Crippen molar-refractivity contribution >= 4 is 34.0 Å². The van der Waals surface area contributed by atoms with Gasteiger partial charge in [0.2, 0.25) is 5.91 Å². The van der Waals surface area contributed by atoms with Crippen LogP contribution in [0.4, 0.5) is 4.79 Å². The van der Waals surface area contributed by atoms with Gasteiger partial charge in [0, 0.05) is 32.1 Å². The molecule has 43 heavy (non-hydrogen) atoms. The van der Waals surface area contributed by atoms with Crippen LogP contribution in [0.3, 0.4) is 0 Å². The van der Waals surface area contributed by atoms with Crippen LogP contribution in [0.5, 0.6) is 5.75 Å². The molecule has 3 aromatic carbocycles. The number of carboxylic acid groups (broad SMARTS) is 1. The first-order valence-electron chi connectivity index (χ1n) is 14.5. The fourth-order valence-corrected chi connectivity index (χ4v) is 4.89. The monoisotopic (exact) mass is 580 g/mol. The van der Waals surface area contributed by atoms with Crippen molar-refractivity contribution in [2.45, 2.75) is 33.1 Å². The Bertz CT molecular complexity index is 1600. The summed E-state index contributed by atoms with van der Waals surface area (Å²) in [6.45, 7) is 7.03. The topological polar surface area (TPSA) is 98.8 Å². The fourth-order valence-electron chi connectivity index (χ4n) is 4.89. The smallest absolute Gasteiger partial charge is 0.407 e. The highest BCUT2D eigenvalue weighted by Crippen LogP contribution is 2.36. The van der Waals surface area contributed by atoms with E-state index in [1.165, 1.54) is 32.6 Å². The van der Waals surface area contributed by atoms with Crippen LogP contribution in [-0.4, -0.2) is 70.9 Å². The number of ether oxygens (including phenoxy) is 1. The highest BCUT2D eigenvalue weighted by atomic mass is 16.5. The van der Waals surface area contributed by atoms with Crippen LogP contribution < -0.4 is 4.74 Å². The van der Waals surface area contributed by atoms with Crippen LogP contribution in [0.15, 0.2) is 85.1 Å². The first-order chi connectivity index (χ1) is 20.7. The predicted molar refractivity (Wildman–Crippen MR) is 172 cm³/mol. The Morgan fingerprint density at radius 2 is 1.65 bits per heavy atom. The second-order valence-corrected chi connectivity index (χ2v) is 10.9. The molecule has 0 fully saturated rings. The zero-order chi connectivity index (χ0) is 30.9. The number of nitrogens with one attached hydrogen (secondary N) is 1. The Balaban J connectivity index is 1.58. The first kappa shape index (κ1) is 31.1. The lowest BCUT2D eigenvalue weighted by Gasteiger charge is -2.19. The molecule has 224 valence electrons. The van der Waals surface area contributed by atoms with E-state index in [1.54, 1.807) is 20.2 Å². The number of hydrogen-bond acceptors (Lipinski definition) is 4. The molecule has 0 saturated heterocycles. The molecule has 4 aromatic rings. The maximum absolute atomic E-state index is 11.7. The summed E-state index contributed by atoms with van der Waals surface area (Å²) in [6, 6.07) is 23.1. The van der Waals surface area contributed by atoms with Crippen LogP contribution in [0.25, 0.3) is 22.0 Å². The summed E-state index contributed by atoms with van der Waals surface area (Å²) in [5, 5.41) is 17.8. The maximum Gasteiger partial charge on any atom is 0.407 e. The molecule has 0 spiro atoms. The van der Waals surface area contributed by atoms with E-state index in [0.717, 1.165) is 34.0 Å². The zero-order valence-corrected chi connectivity index (χ0v) is 25.5. The van der Waals surface area contributed by atoms with E-state index >= 15 is 0 Å². The minimum atomic E-state index is -1.07. The van der Waals surface area contributed by atoms with E-state index in [-0.39, 0.29) is 25.6 Å². The molecule has 1 heterocycles. The molecule has 0 saturated carbocycles. The van der Waals surface area contributed by atoms with Crippen molar-refractivity contribution in [2.24, 2.45) is 0 Å². The van der Waals surface area contributed by atoms with Crippen molar-refractivity contribution in [3.05, 3.63) is 107 Å². The van der Waals surface area contributed by atoms with E-state index < -0.39 is 6.09 Å². The van der Waals surface area contributed by atoms with E-state index in [1.807, 2.05) is 30.5 Å². The second kappa shape index (κ2) is 14.4. The summed E-state index contributed by atoms with van der Waals surface area (Å²) < 4.78 is 5.91. The SMILES string of the molecule is CC/C(=C(/c1ccc(OCCN(C/C=C/C(=O)N(C)C)C(=O)O)cc1)c1ccc2[nH]ncc2c1)c1ccc(C(C)C)cc1. The molecule has 0 aliphatic carbocycles. The number of aromatic nitrogens is 2. The number of carbonyl (C=O) groups excluding carboxylic acids is 1. The predicted octanol–water partition coefficient (Wildman–Crippen LogP) is 7.06. The van der Waals surface area contributed by atoms with Gasteiger partial charge in [0.15, 0.2) is 0 Å². The number of hydrogen-bond donors (Lipinski definition) is 2. The van der Waals surface area contributed by atoms with Crippen molar-refractivity contribution in [1.82, 2.24) is 20.0 Å². The van der Waals surface area contributed by atoms with Gasteiger partial charge < -0.3 is 19.6 Å². The number of fused-ring (bicyclic) bond motifs is 1. The summed E-state index contributed by atoms with van der Waals surface area (Å²) in [7, 11) is 3.29. The van der Waals surface area contributed by atoms with E-state index in [4.69, 9.17) is 4.74 Å². The Morgan fingerprint density at radius 3 is 2.28 bits per heavy atom. The quantitative estimate of drug-likeness (QED) is 0.138. The molecule has 0 aliphatic heterocycles. The average molecular weight is 581 g/mol. The van der Waals surface area contributed by atoms with E-state index in [9.17, 15) is 14.7 Å². The molecule has 0 atom stereocenters. The third-order valence-electron chi connectivity index (χ3n) is 7.38. The lowest BCUT2D eigenvalue weighted by Crippen LogP contribution is -2.33.